The van der Waals surface area contributed by atoms with Crippen LogP contribution in [-0.4, -0.2) is 23.1 Å². The molecule has 2 aromatic rings. The van der Waals surface area contributed by atoms with Crippen LogP contribution in [0.15, 0.2) is 48.5 Å². The van der Waals surface area contributed by atoms with E-state index in [0.717, 1.165) is 17.5 Å². The van der Waals surface area contributed by atoms with Crippen LogP contribution in [0, 0.1) is 13.8 Å². The number of carbonyl (C=O) groups excluding carboxylic acids is 2. The van der Waals surface area contributed by atoms with Crippen molar-refractivity contribution in [2.24, 2.45) is 0 Å². The average Bonchev–Trinajstić information content (AvgIpc) is 2.75. The fourth-order valence-corrected chi connectivity index (χ4v) is 3.27. The lowest BCUT2D eigenvalue weighted by Crippen LogP contribution is -2.35. The first kappa shape index (κ1) is 25.6. The highest BCUT2D eigenvalue weighted by atomic mass is 17.2. The van der Waals surface area contributed by atoms with Crippen molar-refractivity contribution in [2.75, 3.05) is 0 Å². The molecule has 0 amide bonds. The Morgan fingerprint density at radius 3 is 1.72 bits per heavy atom. The highest BCUT2D eigenvalue weighted by molar-refractivity contribution is 5.89. The number of benzene rings is 2. The van der Waals surface area contributed by atoms with E-state index in [2.05, 4.69) is 0 Å². The second-order valence-electron chi connectivity index (χ2n) is 9.11. The lowest BCUT2D eigenvalue weighted by molar-refractivity contribution is -0.329. The Morgan fingerprint density at radius 2 is 1.25 bits per heavy atom. The fraction of sp³-hybridized carbons (Fsp3) is 0.462. The molecule has 0 saturated heterocycles. The second-order valence-corrected chi connectivity index (χ2v) is 9.11. The van der Waals surface area contributed by atoms with E-state index >= 15 is 0 Å². The zero-order chi connectivity index (χ0) is 23.8. The number of hydrogen-bond acceptors (Lipinski definition) is 6. The largest absolute Gasteiger partial charge is 0.373 e. The highest BCUT2D eigenvalue weighted by Gasteiger charge is 2.33. The van der Waals surface area contributed by atoms with Gasteiger partial charge < -0.3 is 0 Å². The molecule has 1 unspecified atom stereocenters. The summed E-state index contributed by atoms with van der Waals surface area (Å²) in [7, 11) is 0. The lowest BCUT2D eigenvalue weighted by Gasteiger charge is -2.31. The van der Waals surface area contributed by atoms with Crippen molar-refractivity contribution in [2.45, 2.75) is 78.4 Å². The van der Waals surface area contributed by atoms with Crippen LogP contribution in [0.4, 0.5) is 0 Å². The summed E-state index contributed by atoms with van der Waals surface area (Å²) >= 11 is 0. The van der Waals surface area contributed by atoms with Crippen molar-refractivity contribution in [1.82, 2.24) is 0 Å². The third-order valence-corrected chi connectivity index (χ3v) is 5.20. The smallest absolute Gasteiger partial charge is 0.292 e. The molecule has 174 valence electrons. The third-order valence-electron chi connectivity index (χ3n) is 5.20. The Labute approximate surface area is 190 Å². The Morgan fingerprint density at radius 1 is 0.750 bits per heavy atom. The maximum Gasteiger partial charge on any atom is 0.373 e. The van der Waals surface area contributed by atoms with E-state index in [1.165, 1.54) is 0 Å². The molecule has 0 aliphatic rings. The van der Waals surface area contributed by atoms with Crippen molar-refractivity contribution >= 4 is 11.9 Å². The normalized spacial score (nSPS) is 13.3. The molecule has 32 heavy (non-hydrogen) atoms. The minimum absolute atomic E-state index is 0.433. The van der Waals surface area contributed by atoms with Crippen LogP contribution in [0.25, 0.3) is 0 Å². The first-order valence-electron chi connectivity index (χ1n) is 11.0. The minimum Gasteiger partial charge on any atom is -0.292 e. The topological polar surface area (TPSA) is 71.1 Å². The van der Waals surface area contributed by atoms with Crippen LogP contribution in [-0.2, 0) is 19.6 Å². The lowest BCUT2D eigenvalue weighted by atomic mass is 9.89. The first-order chi connectivity index (χ1) is 15.0. The van der Waals surface area contributed by atoms with E-state index < -0.39 is 23.1 Å². The van der Waals surface area contributed by atoms with Crippen LogP contribution in [0.1, 0.15) is 85.2 Å². The van der Waals surface area contributed by atoms with Gasteiger partial charge in [0, 0.05) is 0 Å². The summed E-state index contributed by atoms with van der Waals surface area (Å²) in [6, 6.07) is 14.3. The molecule has 0 spiro atoms. The quantitative estimate of drug-likeness (QED) is 0.300. The summed E-state index contributed by atoms with van der Waals surface area (Å²) in [6.45, 7) is 11.4. The summed E-state index contributed by atoms with van der Waals surface area (Å²) in [5, 5.41) is 0. The van der Waals surface area contributed by atoms with Crippen molar-refractivity contribution in [3.05, 3.63) is 70.8 Å². The van der Waals surface area contributed by atoms with Gasteiger partial charge in [0.25, 0.3) is 0 Å². The number of hydrogen-bond donors (Lipinski definition) is 0. The molecule has 6 heteroatoms. The van der Waals surface area contributed by atoms with E-state index in [-0.39, 0.29) is 0 Å². The Balaban J connectivity index is 1.91. The van der Waals surface area contributed by atoms with Crippen molar-refractivity contribution in [3.63, 3.8) is 0 Å². The summed E-state index contributed by atoms with van der Waals surface area (Å²) < 4.78 is 0. The van der Waals surface area contributed by atoms with Crippen LogP contribution in [0.3, 0.4) is 0 Å². The standard InChI is InChI=1S/C26H34O6/c1-7-14-26(6,32-30-24(28)22-13-9-11-20(3)18-22)16-15-25(4,5)31-29-23(27)21-12-8-10-19(2)17-21/h8-13,17-18H,7,14-16H2,1-6H3. The van der Waals surface area contributed by atoms with Gasteiger partial charge in [0.2, 0.25) is 0 Å². The molecule has 6 nitrogen and oxygen atoms in total. The van der Waals surface area contributed by atoms with E-state index in [0.29, 0.717) is 30.4 Å². The van der Waals surface area contributed by atoms with Gasteiger partial charge in [-0.3, -0.25) is 9.78 Å². The molecule has 0 heterocycles. The molecule has 0 radical (unpaired) electrons. The van der Waals surface area contributed by atoms with Gasteiger partial charge in [-0.05, 0) is 78.1 Å². The van der Waals surface area contributed by atoms with Gasteiger partial charge in [0.15, 0.2) is 0 Å². The van der Waals surface area contributed by atoms with Gasteiger partial charge in [-0.1, -0.05) is 48.7 Å². The Hall–Kier alpha value is -2.70. The number of carbonyl (C=O) groups is 2. The van der Waals surface area contributed by atoms with Crippen LogP contribution in [0.2, 0.25) is 0 Å². The van der Waals surface area contributed by atoms with Crippen LogP contribution < -0.4 is 0 Å². The van der Waals surface area contributed by atoms with Gasteiger partial charge >= 0.3 is 11.9 Å². The molecule has 1 atom stereocenters. The van der Waals surface area contributed by atoms with Gasteiger partial charge in [-0.2, -0.15) is 9.78 Å². The molecule has 0 bridgehead atoms. The molecule has 0 N–H and O–H groups in total. The Kier molecular flexibility index (Phi) is 8.99. The fourth-order valence-electron chi connectivity index (χ4n) is 3.27. The van der Waals surface area contributed by atoms with Crippen molar-refractivity contribution < 1.29 is 29.1 Å². The highest BCUT2D eigenvalue weighted by Crippen LogP contribution is 2.30. The molecular formula is C26H34O6. The average molecular weight is 443 g/mol. The van der Waals surface area contributed by atoms with Gasteiger partial charge in [-0.25, -0.2) is 9.59 Å². The zero-order valence-electron chi connectivity index (χ0n) is 19.9. The summed E-state index contributed by atoms with van der Waals surface area (Å²) in [6.07, 6.45) is 2.60. The van der Waals surface area contributed by atoms with Crippen LogP contribution >= 0.6 is 0 Å². The molecule has 0 aliphatic carbocycles. The molecular weight excluding hydrogens is 408 g/mol. The maximum atomic E-state index is 12.4. The third kappa shape index (κ3) is 8.09. The second kappa shape index (κ2) is 11.2. The van der Waals surface area contributed by atoms with Gasteiger partial charge in [0.1, 0.15) is 11.2 Å². The monoisotopic (exact) mass is 442 g/mol. The molecule has 2 rings (SSSR count). The van der Waals surface area contributed by atoms with E-state index in [4.69, 9.17) is 19.6 Å². The number of rotatable bonds is 11. The molecule has 0 saturated carbocycles. The van der Waals surface area contributed by atoms with Crippen LogP contribution in [0.5, 0.6) is 0 Å². The molecule has 0 fully saturated rings. The summed E-state index contributed by atoms with van der Waals surface area (Å²) in [5.74, 6) is -1.07. The molecule has 0 aromatic heterocycles. The predicted molar refractivity (Wildman–Crippen MR) is 122 cm³/mol. The van der Waals surface area contributed by atoms with E-state index in [9.17, 15) is 9.59 Å². The van der Waals surface area contributed by atoms with E-state index in [1.54, 1.807) is 36.4 Å². The van der Waals surface area contributed by atoms with Gasteiger partial charge in [0.05, 0.1) is 11.1 Å². The number of aryl methyl sites for hydroxylation is 2. The predicted octanol–water partition coefficient (Wildman–Crippen LogP) is 6.30. The van der Waals surface area contributed by atoms with Gasteiger partial charge in [-0.15, -0.1) is 0 Å². The molecule has 2 aromatic carbocycles. The minimum atomic E-state index is -0.752. The first-order valence-corrected chi connectivity index (χ1v) is 11.0. The van der Waals surface area contributed by atoms with Crippen molar-refractivity contribution in [3.8, 4) is 0 Å². The zero-order valence-corrected chi connectivity index (χ0v) is 19.9. The van der Waals surface area contributed by atoms with E-state index in [1.807, 2.05) is 53.7 Å². The summed E-state index contributed by atoms with van der Waals surface area (Å²) in [5.41, 5.74) is 1.35. The Bertz CT molecular complexity index is 920. The SMILES string of the molecule is CCCC(C)(CCC(C)(C)OOC(=O)c1cccc(C)c1)OOC(=O)c1cccc(C)c1. The maximum absolute atomic E-state index is 12.4. The van der Waals surface area contributed by atoms with Crippen molar-refractivity contribution in [1.29, 1.82) is 0 Å². The molecule has 0 aliphatic heterocycles. The summed E-state index contributed by atoms with van der Waals surface area (Å²) in [4.78, 5) is 45.9.